The lowest BCUT2D eigenvalue weighted by Crippen LogP contribution is -2.31. The van der Waals surface area contributed by atoms with Gasteiger partial charge in [0.05, 0.1) is 18.6 Å². The number of benzene rings is 1. The summed E-state index contributed by atoms with van der Waals surface area (Å²) in [6.45, 7) is 4.78. The molecule has 6 heteroatoms. The molecule has 20 heavy (non-hydrogen) atoms. The molecule has 0 amide bonds. The zero-order chi connectivity index (χ0) is 15.2. The van der Waals surface area contributed by atoms with Crippen molar-refractivity contribution in [2.24, 2.45) is 0 Å². The summed E-state index contributed by atoms with van der Waals surface area (Å²) in [4.78, 5) is 0. The van der Waals surface area contributed by atoms with Crippen LogP contribution in [0.1, 0.15) is 20.3 Å². The normalized spacial score (nSPS) is 11.7. The monoisotopic (exact) mass is 300 g/mol. The molecule has 114 valence electrons. The van der Waals surface area contributed by atoms with Crippen LogP contribution < -0.4 is 14.4 Å². The van der Waals surface area contributed by atoms with Gasteiger partial charge in [-0.25, -0.2) is 8.42 Å². The molecule has 0 unspecified atom stereocenters. The minimum Gasteiger partial charge on any atom is -0.497 e. The third kappa shape index (κ3) is 5.02. The van der Waals surface area contributed by atoms with Gasteiger partial charge in [-0.1, -0.05) is 13.8 Å². The van der Waals surface area contributed by atoms with Crippen LogP contribution in [0.15, 0.2) is 24.3 Å². The average molecular weight is 300 g/mol. The standard InChI is InChI=1S/C14H24N2O3S/c1-12(2)15-10-5-11-20(17,18)16(3)13-6-8-14(19-4)9-7-13/h6-9,12,15H,5,10-11H2,1-4H3. The Kier molecular flexibility index (Phi) is 6.29. The fourth-order valence-corrected chi connectivity index (χ4v) is 2.96. The Hall–Kier alpha value is -1.27. The van der Waals surface area contributed by atoms with Crippen LogP contribution in [0.2, 0.25) is 0 Å². The first-order valence-corrected chi connectivity index (χ1v) is 8.32. The van der Waals surface area contributed by atoms with E-state index in [2.05, 4.69) is 5.32 Å². The summed E-state index contributed by atoms with van der Waals surface area (Å²) in [5, 5.41) is 3.21. The van der Waals surface area contributed by atoms with Gasteiger partial charge in [-0.3, -0.25) is 4.31 Å². The number of anilines is 1. The first-order valence-electron chi connectivity index (χ1n) is 6.71. The molecule has 5 nitrogen and oxygen atoms in total. The topological polar surface area (TPSA) is 58.6 Å². The lowest BCUT2D eigenvalue weighted by molar-refractivity contribution is 0.415. The molecule has 0 aliphatic rings. The maximum atomic E-state index is 12.2. The third-order valence-electron chi connectivity index (χ3n) is 2.98. The van der Waals surface area contributed by atoms with Gasteiger partial charge in [0.25, 0.3) is 0 Å². The number of hydrogen-bond donors (Lipinski definition) is 1. The van der Waals surface area contributed by atoms with Crippen molar-refractivity contribution in [1.82, 2.24) is 5.32 Å². The molecule has 0 aliphatic heterocycles. The molecule has 0 radical (unpaired) electrons. The number of ether oxygens (including phenoxy) is 1. The van der Waals surface area contributed by atoms with Gasteiger partial charge >= 0.3 is 0 Å². The van der Waals surface area contributed by atoms with Gasteiger partial charge in [-0.15, -0.1) is 0 Å². The molecule has 0 atom stereocenters. The third-order valence-corrected chi connectivity index (χ3v) is 4.83. The Labute approximate surface area is 122 Å². The van der Waals surface area contributed by atoms with Crippen LogP contribution in [-0.2, 0) is 10.0 Å². The second-order valence-electron chi connectivity index (χ2n) is 4.94. The summed E-state index contributed by atoms with van der Waals surface area (Å²) in [6.07, 6.45) is 0.598. The molecular weight excluding hydrogens is 276 g/mol. The number of rotatable bonds is 8. The highest BCUT2D eigenvalue weighted by Crippen LogP contribution is 2.20. The van der Waals surface area contributed by atoms with E-state index in [-0.39, 0.29) is 5.75 Å². The van der Waals surface area contributed by atoms with Crippen molar-refractivity contribution in [1.29, 1.82) is 0 Å². The molecule has 1 rings (SSSR count). The van der Waals surface area contributed by atoms with Crippen molar-refractivity contribution in [3.8, 4) is 5.75 Å². The summed E-state index contributed by atoms with van der Waals surface area (Å²) in [7, 11) is -0.121. The summed E-state index contributed by atoms with van der Waals surface area (Å²) in [5.74, 6) is 0.843. The Bertz CT molecular complexity index is 498. The van der Waals surface area contributed by atoms with Gasteiger partial charge in [-0.05, 0) is 37.2 Å². The van der Waals surface area contributed by atoms with Crippen molar-refractivity contribution in [2.75, 3.05) is 30.8 Å². The van der Waals surface area contributed by atoms with E-state index in [1.807, 2.05) is 13.8 Å². The molecule has 0 spiro atoms. The van der Waals surface area contributed by atoms with Crippen LogP contribution in [0.3, 0.4) is 0 Å². The quantitative estimate of drug-likeness (QED) is 0.744. The van der Waals surface area contributed by atoms with E-state index < -0.39 is 10.0 Å². The second-order valence-corrected chi connectivity index (χ2v) is 7.06. The van der Waals surface area contributed by atoms with Gasteiger partial charge in [-0.2, -0.15) is 0 Å². The zero-order valence-corrected chi connectivity index (χ0v) is 13.4. The van der Waals surface area contributed by atoms with Crippen LogP contribution in [-0.4, -0.2) is 40.9 Å². The van der Waals surface area contributed by atoms with E-state index in [4.69, 9.17) is 4.74 Å². The fraction of sp³-hybridized carbons (Fsp3) is 0.571. The minimum absolute atomic E-state index is 0.134. The van der Waals surface area contributed by atoms with Gasteiger partial charge in [0.2, 0.25) is 10.0 Å². The molecule has 0 saturated carbocycles. The van der Waals surface area contributed by atoms with Gasteiger partial charge in [0, 0.05) is 13.1 Å². The number of nitrogens with zero attached hydrogens (tertiary/aromatic N) is 1. The Balaban J connectivity index is 2.61. The predicted molar refractivity (Wildman–Crippen MR) is 82.9 cm³/mol. The molecule has 1 aromatic carbocycles. The summed E-state index contributed by atoms with van der Waals surface area (Å²) in [5.41, 5.74) is 0.641. The molecule has 0 fully saturated rings. The molecule has 0 aliphatic carbocycles. The summed E-state index contributed by atoms with van der Waals surface area (Å²) >= 11 is 0. The van der Waals surface area contributed by atoms with E-state index >= 15 is 0 Å². The van der Waals surface area contributed by atoms with Crippen molar-refractivity contribution >= 4 is 15.7 Å². The van der Waals surface area contributed by atoms with Crippen molar-refractivity contribution in [2.45, 2.75) is 26.3 Å². The van der Waals surface area contributed by atoms with Crippen LogP contribution in [0.25, 0.3) is 0 Å². The van der Waals surface area contributed by atoms with Gasteiger partial charge < -0.3 is 10.1 Å². The molecule has 0 aromatic heterocycles. The summed E-state index contributed by atoms with van der Waals surface area (Å²) in [6, 6.07) is 7.35. The van der Waals surface area contributed by atoms with Gasteiger partial charge in [0.15, 0.2) is 0 Å². The first kappa shape index (κ1) is 16.8. The zero-order valence-electron chi connectivity index (χ0n) is 12.6. The fourth-order valence-electron chi connectivity index (χ4n) is 1.73. The van der Waals surface area contributed by atoms with E-state index in [1.165, 1.54) is 4.31 Å². The Morgan fingerprint density at radius 1 is 1.25 bits per heavy atom. The molecule has 0 heterocycles. The molecule has 1 N–H and O–H groups in total. The Morgan fingerprint density at radius 2 is 1.85 bits per heavy atom. The van der Waals surface area contributed by atoms with E-state index in [1.54, 1.807) is 38.4 Å². The maximum absolute atomic E-state index is 12.2. The van der Waals surface area contributed by atoms with E-state index in [9.17, 15) is 8.42 Å². The van der Waals surface area contributed by atoms with Crippen molar-refractivity contribution in [3.05, 3.63) is 24.3 Å². The average Bonchev–Trinajstić information content (AvgIpc) is 2.43. The van der Waals surface area contributed by atoms with Crippen LogP contribution >= 0.6 is 0 Å². The maximum Gasteiger partial charge on any atom is 0.234 e. The van der Waals surface area contributed by atoms with Crippen LogP contribution in [0.5, 0.6) is 5.75 Å². The van der Waals surface area contributed by atoms with Gasteiger partial charge in [0.1, 0.15) is 5.75 Å². The largest absolute Gasteiger partial charge is 0.497 e. The predicted octanol–water partition coefficient (Wildman–Crippen LogP) is 1.85. The minimum atomic E-state index is -3.28. The second kappa shape index (κ2) is 7.50. The highest BCUT2D eigenvalue weighted by Gasteiger charge is 2.17. The highest BCUT2D eigenvalue weighted by atomic mass is 32.2. The lowest BCUT2D eigenvalue weighted by atomic mass is 10.3. The van der Waals surface area contributed by atoms with Crippen molar-refractivity contribution in [3.63, 3.8) is 0 Å². The van der Waals surface area contributed by atoms with Crippen molar-refractivity contribution < 1.29 is 13.2 Å². The van der Waals surface area contributed by atoms with Crippen LogP contribution in [0.4, 0.5) is 5.69 Å². The highest BCUT2D eigenvalue weighted by molar-refractivity contribution is 7.92. The molecule has 0 saturated heterocycles. The number of sulfonamides is 1. The molecular formula is C14H24N2O3S. The van der Waals surface area contributed by atoms with E-state index in [0.29, 0.717) is 30.4 Å². The SMILES string of the molecule is COc1ccc(N(C)S(=O)(=O)CCCNC(C)C)cc1. The number of hydrogen-bond acceptors (Lipinski definition) is 4. The summed E-state index contributed by atoms with van der Waals surface area (Å²) < 4.78 is 30.8. The lowest BCUT2D eigenvalue weighted by Gasteiger charge is -2.20. The first-order chi connectivity index (χ1) is 9.36. The molecule has 0 bridgehead atoms. The van der Waals surface area contributed by atoms with Crippen LogP contribution in [0, 0.1) is 0 Å². The number of methoxy groups -OCH3 is 1. The molecule has 1 aromatic rings. The Morgan fingerprint density at radius 3 is 2.35 bits per heavy atom. The van der Waals surface area contributed by atoms with E-state index in [0.717, 1.165) is 0 Å². The smallest absolute Gasteiger partial charge is 0.234 e. The number of nitrogens with one attached hydrogen (secondary N) is 1.